The number of ether oxygens (including phenoxy) is 1. The van der Waals surface area contributed by atoms with Crippen molar-refractivity contribution in [1.29, 1.82) is 0 Å². The predicted molar refractivity (Wildman–Crippen MR) is 160 cm³/mol. The molecule has 0 aromatic heterocycles. The molecule has 3 aromatic carbocycles. The molecule has 0 spiro atoms. The molecule has 3 aromatic rings. The fourth-order valence-corrected chi connectivity index (χ4v) is 7.30. The lowest BCUT2D eigenvalue weighted by Crippen LogP contribution is -2.51. The second kappa shape index (κ2) is 11.4. The van der Waals surface area contributed by atoms with Crippen molar-refractivity contribution in [3.63, 3.8) is 0 Å². The number of methoxy groups -OCH3 is 1. The van der Waals surface area contributed by atoms with Crippen LogP contribution in [-0.2, 0) is 9.39 Å². The highest BCUT2D eigenvalue weighted by molar-refractivity contribution is 6.43. The van der Waals surface area contributed by atoms with Gasteiger partial charge in [0.1, 0.15) is 5.75 Å². The van der Waals surface area contributed by atoms with Crippen LogP contribution in [0.2, 0.25) is 6.32 Å². The number of hydrogen-bond acceptors (Lipinski definition) is 6. The second-order valence-electron chi connectivity index (χ2n) is 11.4. The molecule has 1 saturated heterocycles. The van der Waals surface area contributed by atoms with Gasteiger partial charge in [0.25, 0.3) is 0 Å². The molecule has 0 saturated carbocycles. The van der Waals surface area contributed by atoms with Crippen molar-refractivity contribution in [3.05, 3.63) is 94.1 Å². The van der Waals surface area contributed by atoms with Gasteiger partial charge in [-0.15, -0.1) is 0 Å². The average molecular weight is 550 g/mol. The van der Waals surface area contributed by atoms with Gasteiger partial charge in [-0.2, -0.15) is 0 Å². The normalized spacial score (nSPS) is 24.4. The number of benzene rings is 3. The highest BCUT2D eigenvalue weighted by Gasteiger charge is 2.53. The summed E-state index contributed by atoms with van der Waals surface area (Å²) in [5.74, 6) is -0.960. The third-order valence-electron chi connectivity index (χ3n) is 9.16. The summed E-state index contributed by atoms with van der Waals surface area (Å²) in [7, 11) is 0.636. The number of ketones is 2. The van der Waals surface area contributed by atoms with Crippen molar-refractivity contribution in [2.24, 2.45) is 17.8 Å². The minimum Gasteiger partial charge on any atom is -0.507 e. The minimum atomic E-state index is -1.01. The summed E-state index contributed by atoms with van der Waals surface area (Å²) >= 11 is 0. The van der Waals surface area contributed by atoms with Crippen molar-refractivity contribution in [1.82, 2.24) is 0 Å². The summed E-state index contributed by atoms with van der Waals surface area (Å²) < 4.78 is 11.7. The lowest BCUT2D eigenvalue weighted by Gasteiger charge is -2.47. The fourth-order valence-electron chi connectivity index (χ4n) is 7.30. The summed E-state index contributed by atoms with van der Waals surface area (Å²) in [4.78, 5) is 27.4. The number of rotatable bonds is 7. The second-order valence-corrected chi connectivity index (χ2v) is 11.4. The average Bonchev–Trinajstić information content (AvgIpc) is 2.99. The molecule has 6 rings (SSSR count). The zero-order chi connectivity index (χ0) is 28.7. The topological polar surface area (TPSA) is 93.1 Å². The Morgan fingerprint density at radius 2 is 1.71 bits per heavy atom. The SMILES string of the molecule is CC/C(=C\c1ccc(O)c2ccccc12)CC[C@H]1OB(O)C[C@H]2C1=C(COC)C[C@H]1C(=O)c3ccccc3C(=O)[C@H]12. The molecule has 0 unspecified atom stereocenters. The number of phenolic OH excluding ortho intramolecular Hbond substituents is 1. The molecular formula is C34H35BO6. The number of carbonyl (C=O) groups is 2. The van der Waals surface area contributed by atoms with Crippen LogP contribution >= 0.6 is 0 Å². The van der Waals surface area contributed by atoms with Gasteiger partial charge in [0, 0.05) is 35.5 Å². The monoisotopic (exact) mass is 550 g/mol. The first-order valence-electron chi connectivity index (χ1n) is 14.5. The van der Waals surface area contributed by atoms with Crippen LogP contribution in [0.5, 0.6) is 5.75 Å². The summed E-state index contributed by atoms with van der Waals surface area (Å²) in [5.41, 5.74) is 5.31. The van der Waals surface area contributed by atoms with Crippen molar-refractivity contribution >= 4 is 35.5 Å². The van der Waals surface area contributed by atoms with Crippen LogP contribution in [0.3, 0.4) is 0 Å². The van der Waals surface area contributed by atoms with E-state index in [0.29, 0.717) is 30.6 Å². The van der Waals surface area contributed by atoms with Crippen LogP contribution in [0.25, 0.3) is 16.8 Å². The van der Waals surface area contributed by atoms with Gasteiger partial charge in [0.15, 0.2) is 11.6 Å². The van der Waals surface area contributed by atoms with E-state index in [-0.39, 0.29) is 35.7 Å². The summed E-state index contributed by atoms with van der Waals surface area (Å²) in [6.45, 7) is 2.49. The van der Waals surface area contributed by atoms with E-state index in [4.69, 9.17) is 9.39 Å². The van der Waals surface area contributed by atoms with Crippen LogP contribution in [0.4, 0.5) is 0 Å². The molecule has 7 heteroatoms. The van der Waals surface area contributed by atoms with Crippen molar-refractivity contribution in [2.45, 2.75) is 45.0 Å². The Bertz CT molecular complexity index is 1570. The first-order valence-corrected chi connectivity index (χ1v) is 14.5. The van der Waals surface area contributed by atoms with E-state index < -0.39 is 19.0 Å². The highest BCUT2D eigenvalue weighted by Crippen LogP contribution is 2.51. The van der Waals surface area contributed by atoms with Crippen molar-refractivity contribution in [2.75, 3.05) is 13.7 Å². The van der Waals surface area contributed by atoms with Gasteiger partial charge in [0.2, 0.25) is 0 Å². The number of fused-ring (bicyclic) bond motifs is 5. The van der Waals surface area contributed by atoms with Crippen LogP contribution in [0.1, 0.15) is 58.9 Å². The van der Waals surface area contributed by atoms with Gasteiger partial charge in [-0.1, -0.05) is 73.2 Å². The third kappa shape index (κ3) is 4.96. The first kappa shape index (κ1) is 27.6. The van der Waals surface area contributed by atoms with E-state index in [1.165, 1.54) is 5.57 Å². The molecule has 210 valence electrons. The number of hydrogen-bond donors (Lipinski definition) is 2. The Kier molecular flexibility index (Phi) is 7.69. The predicted octanol–water partition coefficient (Wildman–Crippen LogP) is 6.27. The van der Waals surface area contributed by atoms with E-state index in [2.05, 4.69) is 13.0 Å². The maximum atomic E-state index is 13.8. The Hall–Kier alpha value is -3.52. The molecule has 1 aliphatic heterocycles. The van der Waals surface area contributed by atoms with Gasteiger partial charge in [-0.25, -0.2) is 0 Å². The molecule has 1 fully saturated rings. The quantitative estimate of drug-likeness (QED) is 0.266. The van der Waals surface area contributed by atoms with Gasteiger partial charge in [-0.05, 0) is 66.1 Å². The molecule has 6 nitrogen and oxygen atoms in total. The van der Waals surface area contributed by atoms with Gasteiger partial charge < -0.3 is 19.5 Å². The Morgan fingerprint density at radius 3 is 2.44 bits per heavy atom. The molecule has 0 bridgehead atoms. The number of phenols is 1. The molecule has 3 aliphatic rings. The van der Waals surface area contributed by atoms with E-state index in [0.717, 1.165) is 40.3 Å². The number of Topliss-reactive ketones (excluding diaryl/α,β-unsaturated/α-hetero) is 2. The van der Waals surface area contributed by atoms with Crippen LogP contribution in [-0.4, -0.2) is 48.6 Å². The van der Waals surface area contributed by atoms with E-state index >= 15 is 0 Å². The van der Waals surface area contributed by atoms with Crippen LogP contribution in [0.15, 0.2) is 77.4 Å². The van der Waals surface area contributed by atoms with Gasteiger partial charge in [-0.3, -0.25) is 9.59 Å². The Labute approximate surface area is 240 Å². The molecule has 2 aliphatic carbocycles. The van der Waals surface area contributed by atoms with E-state index in [9.17, 15) is 19.7 Å². The lowest BCUT2D eigenvalue weighted by atomic mass is 9.54. The molecule has 0 amide bonds. The number of aromatic hydroxyl groups is 1. The first-order chi connectivity index (χ1) is 19.9. The third-order valence-corrected chi connectivity index (χ3v) is 9.16. The summed E-state index contributed by atoms with van der Waals surface area (Å²) in [6.07, 6.45) is 4.78. The lowest BCUT2D eigenvalue weighted by molar-refractivity contribution is 0.0584. The highest BCUT2D eigenvalue weighted by atomic mass is 16.5. The van der Waals surface area contributed by atoms with Crippen molar-refractivity contribution < 1.29 is 29.1 Å². The van der Waals surface area contributed by atoms with Crippen molar-refractivity contribution in [3.8, 4) is 5.75 Å². The summed E-state index contributed by atoms with van der Waals surface area (Å²) in [6, 6.07) is 18.6. The number of allylic oxidation sites excluding steroid dienone is 1. The minimum absolute atomic E-state index is 0.00714. The molecular weight excluding hydrogens is 515 g/mol. The maximum absolute atomic E-state index is 13.8. The summed E-state index contributed by atoms with van der Waals surface area (Å²) in [5, 5.41) is 23.0. The Balaban J connectivity index is 1.32. The molecule has 41 heavy (non-hydrogen) atoms. The smallest absolute Gasteiger partial charge is 0.455 e. The van der Waals surface area contributed by atoms with Crippen LogP contribution in [0, 0.1) is 17.8 Å². The van der Waals surface area contributed by atoms with E-state index in [1.807, 2.05) is 30.3 Å². The van der Waals surface area contributed by atoms with Gasteiger partial charge in [0.05, 0.1) is 12.7 Å². The molecule has 2 N–H and O–H groups in total. The molecule has 1 heterocycles. The van der Waals surface area contributed by atoms with Gasteiger partial charge >= 0.3 is 7.12 Å². The zero-order valence-corrected chi connectivity index (χ0v) is 23.5. The van der Waals surface area contributed by atoms with Crippen LogP contribution < -0.4 is 0 Å². The maximum Gasteiger partial charge on any atom is 0.455 e. The zero-order valence-electron chi connectivity index (χ0n) is 23.5. The van der Waals surface area contributed by atoms with E-state index in [1.54, 1.807) is 37.4 Å². The molecule has 4 atom stereocenters. The molecule has 0 radical (unpaired) electrons. The standard InChI is InChI=1S/C34H35BO6/c1-3-20(16-21-13-14-29(36)24-9-5-4-8-23(21)24)12-15-30-31-22(19-40-2)17-27-32(28(31)18-35(39)41-30)34(38)26-11-7-6-10-25(26)33(27)37/h4-11,13-14,16,27-28,30,32,36,39H,3,12,15,17-19H2,1-2H3/b20-16+/t27-,28+,30-,32-/m1/s1. The number of carbonyl (C=O) groups excluding carboxylic acids is 2. The fraction of sp³-hybridized carbons (Fsp3) is 0.353. The largest absolute Gasteiger partial charge is 0.507 e. The Morgan fingerprint density at radius 1 is 1.00 bits per heavy atom.